The van der Waals surface area contributed by atoms with Crippen molar-refractivity contribution in [2.45, 2.75) is 25.6 Å². The number of carboxylic acids is 1. The van der Waals surface area contributed by atoms with Crippen molar-refractivity contribution in [3.05, 3.63) is 72.1 Å². The van der Waals surface area contributed by atoms with Crippen molar-refractivity contribution in [2.75, 3.05) is 27.4 Å². The summed E-state index contributed by atoms with van der Waals surface area (Å²) in [5.41, 5.74) is 2.42. The number of rotatable bonds is 13. The zero-order valence-electron chi connectivity index (χ0n) is 18.8. The number of hydrogen-bond donors (Lipinski definition) is 1. The molecule has 0 bridgehead atoms. The Bertz CT molecular complexity index is 1020. The van der Waals surface area contributed by atoms with Crippen molar-refractivity contribution in [2.24, 2.45) is 0 Å². The van der Waals surface area contributed by atoms with Gasteiger partial charge in [0.15, 0.2) is 5.82 Å². The van der Waals surface area contributed by atoms with E-state index in [2.05, 4.69) is 9.97 Å². The molecular formula is C25H28N2O6. The highest BCUT2D eigenvalue weighted by Gasteiger charge is 2.11. The molecule has 8 nitrogen and oxygen atoms in total. The zero-order chi connectivity index (χ0) is 23.5. The van der Waals surface area contributed by atoms with Gasteiger partial charge in [0.2, 0.25) is 0 Å². The summed E-state index contributed by atoms with van der Waals surface area (Å²) in [5.74, 6) is 1.10. The lowest BCUT2D eigenvalue weighted by Crippen LogP contribution is -2.27. The molecule has 3 aromatic rings. The van der Waals surface area contributed by atoms with E-state index in [-0.39, 0.29) is 19.1 Å². The molecule has 33 heavy (non-hydrogen) atoms. The Balaban J connectivity index is 1.65. The molecule has 1 heterocycles. The molecule has 0 saturated carbocycles. The first-order valence-corrected chi connectivity index (χ1v) is 10.6. The van der Waals surface area contributed by atoms with Crippen LogP contribution >= 0.6 is 0 Å². The van der Waals surface area contributed by atoms with Gasteiger partial charge in [-0.05, 0) is 48.4 Å². The van der Waals surface area contributed by atoms with Gasteiger partial charge in [-0.15, -0.1) is 0 Å². The van der Waals surface area contributed by atoms with Gasteiger partial charge in [-0.3, -0.25) is 4.79 Å². The number of nitrogens with zero attached hydrogens (tertiary/aromatic N) is 2. The number of para-hydroxylation sites is 1. The van der Waals surface area contributed by atoms with Gasteiger partial charge in [-0.2, -0.15) is 0 Å². The van der Waals surface area contributed by atoms with Crippen molar-refractivity contribution in [1.29, 1.82) is 0 Å². The molecule has 3 rings (SSSR count). The van der Waals surface area contributed by atoms with Crippen LogP contribution in [0.15, 0.2) is 60.8 Å². The maximum Gasteiger partial charge on any atom is 0.303 e. The van der Waals surface area contributed by atoms with E-state index in [4.69, 9.17) is 24.1 Å². The zero-order valence-corrected chi connectivity index (χ0v) is 18.8. The van der Waals surface area contributed by atoms with E-state index in [1.165, 1.54) is 0 Å². The predicted octanol–water partition coefficient (Wildman–Crippen LogP) is 3.78. The minimum Gasteiger partial charge on any atom is -0.487 e. The van der Waals surface area contributed by atoms with Crippen molar-refractivity contribution in [1.82, 2.24) is 9.97 Å². The number of aromatic nitrogens is 2. The van der Waals surface area contributed by atoms with Crippen LogP contribution in [0, 0.1) is 0 Å². The SMILES string of the molecule is COCC(COC)Oc1ccc(-c2nccc(COc3ccccc3CCC(=O)O)n2)cc1. The second-order valence-electron chi connectivity index (χ2n) is 7.34. The molecule has 0 spiro atoms. The number of methoxy groups -OCH3 is 2. The van der Waals surface area contributed by atoms with E-state index in [0.717, 1.165) is 11.1 Å². The average molecular weight is 453 g/mol. The fourth-order valence-electron chi connectivity index (χ4n) is 3.22. The highest BCUT2D eigenvalue weighted by molar-refractivity contribution is 5.67. The Kier molecular flexibility index (Phi) is 9.17. The molecule has 8 heteroatoms. The van der Waals surface area contributed by atoms with Gasteiger partial charge in [-0.25, -0.2) is 9.97 Å². The van der Waals surface area contributed by atoms with E-state index in [1.807, 2.05) is 48.5 Å². The number of benzene rings is 2. The summed E-state index contributed by atoms with van der Waals surface area (Å²) in [6, 6.07) is 16.7. The molecule has 1 aromatic heterocycles. The Labute approximate surface area is 193 Å². The van der Waals surface area contributed by atoms with Crippen LogP contribution in [-0.4, -0.2) is 54.6 Å². The predicted molar refractivity (Wildman–Crippen MR) is 122 cm³/mol. The highest BCUT2D eigenvalue weighted by atomic mass is 16.6. The molecule has 174 valence electrons. The monoisotopic (exact) mass is 452 g/mol. The molecular weight excluding hydrogens is 424 g/mol. The summed E-state index contributed by atoms with van der Waals surface area (Å²) in [6.45, 7) is 1.11. The summed E-state index contributed by atoms with van der Waals surface area (Å²) in [6.07, 6.45) is 1.95. The molecule has 0 aliphatic heterocycles. The summed E-state index contributed by atoms with van der Waals surface area (Å²) in [5, 5.41) is 8.94. The van der Waals surface area contributed by atoms with E-state index in [9.17, 15) is 4.79 Å². The number of hydrogen-bond acceptors (Lipinski definition) is 7. The smallest absolute Gasteiger partial charge is 0.303 e. The number of carboxylic acid groups (broad SMARTS) is 1. The van der Waals surface area contributed by atoms with Crippen LogP contribution in [0.2, 0.25) is 0 Å². The van der Waals surface area contributed by atoms with Gasteiger partial charge in [0.1, 0.15) is 24.2 Å². The standard InChI is InChI=1S/C25H28N2O6/c1-30-16-22(17-31-2)33-21-10-7-19(8-11-21)25-26-14-13-20(27-25)15-32-23-6-4-3-5-18(23)9-12-24(28)29/h3-8,10-11,13-14,22H,9,12,15-17H2,1-2H3,(H,28,29). The topological polar surface area (TPSA) is 100 Å². The van der Waals surface area contributed by atoms with Crippen molar-refractivity contribution < 1.29 is 28.8 Å². The number of ether oxygens (including phenoxy) is 4. The van der Waals surface area contributed by atoms with Crippen LogP contribution in [0.25, 0.3) is 11.4 Å². The van der Waals surface area contributed by atoms with Crippen LogP contribution in [0.3, 0.4) is 0 Å². The lowest BCUT2D eigenvalue weighted by Gasteiger charge is -2.17. The first-order chi connectivity index (χ1) is 16.1. The lowest BCUT2D eigenvalue weighted by molar-refractivity contribution is -0.136. The van der Waals surface area contributed by atoms with Gasteiger partial charge < -0.3 is 24.1 Å². The molecule has 0 aliphatic carbocycles. The van der Waals surface area contributed by atoms with Crippen LogP contribution in [0.4, 0.5) is 0 Å². The highest BCUT2D eigenvalue weighted by Crippen LogP contribution is 2.23. The summed E-state index contributed by atoms with van der Waals surface area (Å²) in [7, 11) is 3.25. The van der Waals surface area contributed by atoms with Crippen LogP contribution in [0.5, 0.6) is 11.5 Å². The van der Waals surface area contributed by atoms with Crippen molar-refractivity contribution in [3.63, 3.8) is 0 Å². The summed E-state index contributed by atoms with van der Waals surface area (Å²) >= 11 is 0. The fraction of sp³-hybridized carbons (Fsp3) is 0.320. The van der Waals surface area contributed by atoms with E-state index in [1.54, 1.807) is 26.5 Å². The van der Waals surface area contributed by atoms with Gasteiger partial charge in [0.05, 0.1) is 18.9 Å². The lowest BCUT2D eigenvalue weighted by atomic mass is 10.1. The molecule has 0 amide bonds. The second kappa shape index (κ2) is 12.5. The molecule has 0 saturated heterocycles. The van der Waals surface area contributed by atoms with Crippen LogP contribution in [-0.2, 0) is 27.3 Å². The molecule has 1 N–H and O–H groups in total. The van der Waals surface area contributed by atoms with Gasteiger partial charge >= 0.3 is 5.97 Å². The molecule has 0 radical (unpaired) electrons. The first kappa shape index (κ1) is 24.2. The maximum absolute atomic E-state index is 10.9. The Morgan fingerprint density at radius 2 is 1.73 bits per heavy atom. The molecule has 0 fully saturated rings. The second-order valence-corrected chi connectivity index (χ2v) is 7.34. The molecule has 0 aliphatic rings. The number of aryl methyl sites for hydroxylation is 1. The number of aliphatic carboxylic acids is 1. The Hall–Kier alpha value is -3.49. The van der Waals surface area contributed by atoms with Crippen LogP contribution < -0.4 is 9.47 Å². The van der Waals surface area contributed by atoms with Crippen molar-refractivity contribution >= 4 is 5.97 Å². The summed E-state index contributed by atoms with van der Waals surface area (Å²) < 4.78 is 22.1. The minimum absolute atomic E-state index is 0.0510. The Morgan fingerprint density at radius 1 is 1.00 bits per heavy atom. The van der Waals surface area contributed by atoms with Crippen molar-refractivity contribution in [3.8, 4) is 22.9 Å². The van der Waals surface area contributed by atoms with E-state index in [0.29, 0.717) is 42.7 Å². The average Bonchev–Trinajstić information content (AvgIpc) is 2.83. The summed E-state index contributed by atoms with van der Waals surface area (Å²) in [4.78, 5) is 19.9. The first-order valence-electron chi connectivity index (χ1n) is 10.6. The van der Waals surface area contributed by atoms with E-state index < -0.39 is 5.97 Å². The van der Waals surface area contributed by atoms with Gasteiger partial charge in [0, 0.05) is 32.4 Å². The van der Waals surface area contributed by atoms with E-state index >= 15 is 0 Å². The quantitative estimate of drug-likeness (QED) is 0.418. The number of carbonyl (C=O) groups is 1. The fourth-order valence-corrected chi connectivity index (χ4v) is 3.22. The maximum atomic E-state index is 10.9. The van der Waals surface area contributed by atoms with Crippen LogP contribution in [0.1, 0.15) is 17.7 Å². The normalized spacial score (nSPS) is 10.9. The van der Waals surface area contributed by atoms with Gasteiger partial charge in [-0.1, -0.05) is 18.2 Å². The largest absolute Gasteiger partial charge is 0.487 e. The Morgan fingerprint density at radius 3 is 2.42 bits per heavy atom. The third-order valence-corrected chi connectivity index (χ3v) is 4.79. The molecule has 0 atom stereocenters. The third kappa shape index (κ3) is 7.55. The van der Waals surface area contributed by atoms with Gasteiger partial charge in [0.25, 0.3) is 0 Å². The molecule has 0 unspecified atom stereocenters. The molecule has 2 aromatic carbocycles. The third-order valence-electron chi connectivity index (χ3n) is 4.79. The minimum atomic E-state index is -0.838.